The molecular weight excluding hydrogens is 486 g/mol. The number of rotatable bonds is 9. The predicted molar refractivity (Wildman–Crippen MR) is 130 cm³/mol. The number of nitrogens with zero attached hydrogens (tertiary/aromatic N) is 2. The molecule has 8 nitrogen and oxygen atoms in total. The van der Waals surface area contributed by atoms with Crippen LogP contribution in [-0.2, 0) is 10.0 Å². The van der Waals surface area contributed by atoms with Crippen LogP contribution in [0.15, 0.2) is 46.7 Å². The molecule has 0 fully saturated rings. The number of hydrogen-bond donors (Lipinski definition) is 1. The molecule has 33 heavy (non-hydrogen) atoms. The Labute approximate surface area is 202 Å². The lowest BCUT2D eigenvalue weighted by atomic mass is 10.1. The smallest absolute Gasteiger partial charge is 0.259 e. The van der Waals surface area contributed by atoms with Crippen LogP contribution < -0.4 is 14.8 Å². The van der Waals surface area contributed by atoms with Gasteiger partial charge in [-0.2, -0.15) is 4.31 Å². The Morgan fingerprint density at radius 1 is 1.12 bits per heavy atom. The molecule has 0 aliphatic heterocycles. The Morgan fingerprint density at radius 2 is 1.85 bits per heavy atom. The lowest BCUT2D eigenvalue weighted by molar-refractivity contribution is 0.102. The summed E-state index contributed by atoms with van der Waals surface area (Å²) < 4.78 is 37.6. The molecular formula is C22H24ClN3O5S2. The highest BCUT2D eigenvalue weighted by atomic mass is 35.5. The van der Waals surface area contributed by atoms with Crippen LogP contribution in [0.4, 0.5) is 5.13 Å². The van der Waals surface area contributed by atoms with Gasteiger partial charge in [0, 0.05) is 24.0 Å². The van der Waals surface area contributed by atoms with Crippen LogP contribution in [0, 0.1) is 0 Å². The van der Waals surface area contributed by atoms with Crippen molar-refractivity contribution in [3.8, 4) is 22.8 Å². The molecule has 0 aliphatic rings. The van der Waals surface area contributed by atoms with E-state index in [2.05, 4.69) is 10.3 Å². The number of benzene rings is 2. The van der Waals surface area contributed by atoms with E-state index in [1.807, 2.05) is 0 Å². The van der Waals surface area contributed by atoms with Crippen LogP contribution in [-0.4, -0.2) is 50.9 Å². The van der Waals surface area contributed by atoms with Crippen LogP contribution in [0.1, 0.15) is 24.2 Å². The monoisotopic (exact) mass is 509 g/mol. The molecule has 3 aromatic rings. The number of amides is 1. The van der Waals surface area contributed by atoms with E-state index in [9.17, 15) is 13.2 Å². The fourth-order valence-corrected chi connectivity index (χ4v) is 5.58. The van der Waals surface area contributed by atoms with Crippen LogP contribution >= 0.6 is 22.9 Å². The zero-order valence-electron chi connectivity index (χ0n) is 18.6. The molecule has 0 aliphatic carbocycles. The summed E-state index contributed by atoms with van der Waals surface area (Å²) in [6.45, 7) is 4.14. The first-order valence-corrected chi connectivity index (χ1v) is 12.7. The number of ether oxygens (including phenoxy) is 2. The third kappa shape index (κ3) is 5.30. The van der Waals surface area contributed by atoms with Crippen molar-refractivity contribution in [2.45, 2.75) is 18.7 Å². The van der Waals surface area contributed by atoms with E-state index < -0.39 is 15.9 Å². The molecule has 0 atom stereocenters. The van der Waals surface area contributed by atoms with Crippen molar-refractivity contribution >= 4 is 44.0 Å². The molecule has 0 bridgehead atoms. The van der Waals surface area contributed by atoms with Gasteiger partial charge in [0.2, 0.25) is 10.0 Å². The summed E-state index contributed by atoms with van der Waals surface area (Å²) in [5.41, 5.74) is 1.34. The maximum atomic E-state index is 12.9. The highest BCUT2D eigenvalue weighted by Gasteiger charge is 2.24. The van der Waals surface area contributed by atoms with E-state index in [0.717, 1.165) is 0 Å². The first-order chi connectivity index (χ1) is 15.7. The molecule has 1 heterocycles. The molecule has 0 unspecified atom stereocenters. The number of anilines is 1. The lowest BCUT2D eigenvalue weighted by Crippen LogP contribution is -2.30. The average Bonchev–Trinajstić information content (AvgIpc) is 3.27. The third-order valence-electron chi connectivity index (χ3n) is 4.93. The molecule has 1 amide bonds. The van der Waals surface area contributed by atoms with Gasteiger partial charge in [0.1, 0.15) is 11.5 Å². The zero-order chi connectivity index (χ0) is 24.2. The predicted octanol–water partition coefficient (Wildman–Crippen LogP) is 4.76. The lowest BCUT2D eigenvalue weighted by Gasteiger charge is -2.19. The molecule has 0 saturated carbocycles. The molecule has 0 spiro atoms. The normalized spacial score (nSPS) is 11.5. The summed E-state index contributed by atoms with van der Waals surface area (Å²) in [5.74, 6) is 0.689. The summed E-state index contributed by atoms with van der Waals surface area (Å²) in [5, 5.41) is 4.93. The van der Waals surface area contributed by atoms with Crippen LogP contribution in [0.5, 0.6) is 11.5 Å². The average molecular weight is 510 g/mol. The van der Waals surface area contributed by atoms with Crippen LogP contribution in [0.25, 0.3) is 11.3 Å². The highest BCUT2D eigenvalue weighted by Crippen LogP contribution is 2.35. The second-order valence-corrected chi connectivity index (χ2v) is 9.99. The van der Waals surface area contributed by atoms with Crippen molar-refractivity contribution < 1.29 is 22.7 Å². The van der Waals surface area contributed by atoms with E-state index >= 15 is 0 Å². The Morgan fingerprint density at radius 3 is 2.48 bits per heavy atom. The SMILES string of the molecule is CCN(CC)S(=O)(=O)c1ccc(Cl)c(C(=O)Nc2nc(-c3cc(OC)ccc3OC)cs2)c1. The Kier molecular flexibility index (Phi) is 7.96. The summed E-state index contributed by atoms with van der Waals surface area (Å²) in [6.07, 6.45) is 0. The molecule has 1 N–H and O–H groups in total. The molecule has 2 aromatic carbocycles. The number of nitrogens with one attached hydrogen (secondary N) is 1. The number of carbonyl (C=O) groups is 1. The number of halogens is 1. The first kappa shape index (κ1) is 25.0. The van der Waals surface area contributed by atoms with Gasteiger partial charge in [-0.15, -0.1) is 11.3 Å². The van der Waals surface area contributed by atoms with Gasteiger partial charge in [0.15, 0.2) is 5.13 Å². The van der Waals surface area contributed by atoms with E-state index in [4.69, 9.17) is 21.1 Å². The minimum absolute atomic E-state index is 0.00157. The van der Waals surface area contributed by atoms with Gasteiger partial charge in [-0.3, -0.25) is 10.1 Å². The quantitative estimate of drug-likeness (QED) is 0.446. The standard InChI is InChI=1S/C22H24ClN3O5S2/c1-5-26(6-2)33(28,29)15-8-9-18(23)16(12-15)21(27)25-22-24-19(13-32-22)17-11-14(30-3)7-10-20(17)31-4/h7-13H,5-6H2,1-4H3,(H,24,25,27). The van der Waals surface area contributed by atoms with Crippen molar-refractivity contribution in [3.05, 3.63) is 52.4 Å². The van der Waals surface area contributed by atoms with E-state index in [1.165, 1.54) is 33.8 Å². The van der Waals surface area contributed by atoms with E-state index in [0.29, 0.717) is 41.0 Å². The maximum Gasteiger partial charge on any atom is 0.259 e. The number of methoxy groups -OCH3 is 2. The molecule has 0 radical (unpaired) electrons. The van der Waals surface area contributed by atoms with Gasteiger partial charge in [0.05, 0.1) is 35.4 Å². The van der Waals surface area contributed by atoms with Gasteiger partial charge in [-0.1, -0.05) is 25.4 Å². The van der Waals surface area contributed by atoms with Gasteiger partial charge < -0.3 is 9.47 Å². The molecule has 176 valence electrons. The second-order valence-electron chi connectivity index (χ2n) is 6.79. The highest BCUT2D eigenvalue weighted by molar-refractivity contribution is 7.89. The summed E-state index contributed by atoms with van der Waals surface area (Å²) in [4.78, 5) is 17.4. The maximum absolute atomic E-state index is 12.9. The van der Waals surface area contributed by atoms with E-state index in [1.54, 1.807) is 51.6 Å². The number of thiazole rings is 1. The first-order valence-electron chi connectivity index (χ1n) is 10.0. The topological polar surface area (TPSA) is 97.8 Å². The Hall–Kier alpha value is -2.66. The minimum Gasteiger partial charge on any atom is -0.497 e. The summed E-state index contributed by atoms with van der Waals surface area (Å²) in [6, 6.07) is 9.42. The minimum atomic E-state index is -3.74. The Bertz CT molecular complexity index is 1260. The zero-order valence-corrected chi connectivity index (χ0v) is 21.0. The van der Waals surface area contributed by atoms with Gasteiger partial charge in [-0.25, -0.2) is 13.4 Å². The Balaban J connectivity index is 1.89. The van der Waals surface area contributed by atoms with Crippen LogP contribution in [0.2, 0.25) is 5.02 Å². The third-order valence-corrected chi connectivity index (χ3v) is 8.07. The van der Waals surface area contributed by atoms with Crippen molar-refractivity contribution in [2.75, 3.05) is 32.6 Å². The fourth-order valence-electron chi connectivity index (χ4n) is 3.18. The summed E-state index contributed by atoms with van der Waals surface area (Å²) >= 11 is 7.43. The number of sulfonamides is 1. The van der Waals surface area contributed by atoms with Crippen molar-refractivity contribution in [2.24, 2.45) is 0 Å². The van der Waals surface area contributed by atoms with Crippen molar-refractivity contribution in [3.63, 3.8) is 0 Å². The van der Waals surface area contributed by atoms with Gasteiger partial charge >= 0.3 is 0 Å². The van der Waals surface area contributed by atoms with Crippen molar-refractivity contribution in [1.29, 1.82) is 0 Å². The van der Waals surface area contributed by atoms with E-state index in [-0.39, 0.29) is 15.5 Å². The number of aromatic nitrogens is 1. The van der Waals surface area contributed by atoms with Crippen LogP contribution in [0.3, 0.4) is 0 Å². The van der Waals surface area contributed by atoms with Gasteiger partial charge in [0.25, 0.3) is 5.91 Å². The number of carbonyl (C=O) groups excluding carboxylic acids is 1. The molecule has 0 saturated heterocycles. The largest absolute Gasteiger partial charge is 0.497 e. The molecule has 3 rings (SSSR count). The second kappa shape index (κ2) is 10.5. The fraction of sp³-hybridized carbons (Fsp3) is 0.273. The van der Waals surface area contributed by atoms with Crippen molar-refractivity contribution in [1.82, 2.24) is 9.29 Å². The molecule has 11 heteroatoms. The summed E-state index contributed by atoms with van der Waals surface area (Å²) in [7, 11) is -0.614. The molecule has 1 aromatic heterocycles. The number of hydrogen-bond acceptors (Lipinski definition) is 7. The van der Waals surface area contributed by atoms with Gasteiger partial charge in [-0.05, 0) is 36.4 Å².